The van der Waals surface area contributed by atoms with Crippen molar-refractivity contribution in [2.24, 2.45) is 5.41 Å². The Kier molecular flexibility index (Phi) is 4.17. The molecule has 4 rings (SSSR count). The first-order chi connectivity index (χ1) is 12.2. The first-order valence-corrected chi connectivity index (χ1v) is 9.52. The minimum atomic E-state index is -0.439. The summed E-state index contributed by atoms with van der Waals surface area (Å²) < 4.78 is 5.90. The van der Waals surface area contributed by atoms with Crippen LogP contribution in [0.15, 0.2) is 47.6 Å². The van der Waals surface area contributed by atoms with Crippen LogP contribution in [0.5, 0.6) is 5.75 Å². The van der Waals surface area contributed by atoms with Crippen molar-refractivity contribution in [1.29, 1.82) is 0 Å². The molecule has 1 aromatic carbocycles. The van der Waals surface area contributed by atoms with Gasteiger partial charge in [-0.05, 0) is 30.0 Å². The lowest BCUT2D eigenvalue weighted by molar-refractivity contribution is 0.0439. The molecule has 1 amide bonds. The molecule has 0 unspecified atom stereocenters. The summed E-state index contributed by atoms with van der Waals surface area (Å²) in [5.74, 6) is 0.912. The number of ether oxygens (including phenoxy) is 1. The summed E-state index contributed by atoms with van der Waals surface area (Å²) in [4.78, 5) is 19.2. The van der Waals surface area contributed by atoms with Crippen LogP contribution in [0.4, 0.5) is 0 Å². The predicted octanol–water partition coefficient (Wildman–Crippen LogP) is 2.41. The molecule has 2 aliphatic heterocycles. The molecule has 5 nitrogen and oxygen atoms in total. The van der Waals surface area contributed by atoms with Crippen molar-refractivity contribution in [3.8, 4) is 5.75 Å². The smallest absolute Gasteiger partial charge is 0.256 e. The number of rotatable bonds is 3. The summed E-state index contributed by atoms with van der Waals surface area (Å²) in [5, 5.41) is 10.8. The minimum absolute atomic E-state index is 0.00178. The van der Waals surface area contributed by atoms with Crippen molar-refractivity contribution in [3.63, 3.8) is 0 Å². The number of carbonyl (C=O) groups excluding carboxylic acids is 1. The zero-order chi connectivity index (χ0) is 17.4. The van der Waals surface area contributed by atoms with Gasteiger partial charge in [0.25, 0.3) is 5.91 Å². The second-order valence-electron chi connectivity index (χ2n) is 6.65. The van der Waals surface area contributed by atoms with Crippen molar-refractivity contribution < 1.29 is 14.6 Å². The molecule has 0 spiro atoms. The Morgan fingerprint density at radius 2 is 2.24 bits per heavy atom. The average Bonchev–Trinajstić information content (AvgIpc) is 3.08. The normalized spacial score (nSPS) is 24.4. The Labute approximate surface area is 151 Å². The van der Waals surface area contributed by atoms with Gasteiger partial charge in [-0.15, -0.1) is 11.8 Å². The van der Waals surface area contributed by atoms with E-state index in [0.29, 0.717) is 25.3 Å². The number of benzene rings is 1. The molecule has 2 atom stereocenters. The van der Waals surface area contributed by atoms with E-state index < -0.39 is 5.41 Å². The van der Waals surface area contributed by atoms with Gasteiger partial charge in [0.15, 0.2) is 0 Å². The zero-order valence-electron chi connectivity index (χ0n) is 14.0. The highest BCUT2D eigenvalue weighted by Crippen LogP contribution is 2.49. The van der Waals surface area contributed by atoms with E-state index in [4.69, 9.17) is 4.74 Å². The molecule has 0 saturated carbocycles. The van der Waals surface area contributed by atoms with Gasteiger partial charge in [0, 0.05) is 25.2 Å². The summed E-state index contributed by atoms with van der Waals surface area (Å²) in [5.41, 5.74) is 1.26. The summed E-state index contributed by atoms with van der Waals surface area (Å²) in [6.45, 7) is 1.50. The third-order valence-electron chi connectivity index (χ3n) is 5.25. The van der Waals surface area contributed by atoms with E-state index in [9.17, 15) is 9.90 Å². The summed E-state index contributed by atoms with van der Waals surface area (Å²) >= 11 is 1.47. The fourth-order valence-electron chi connectivity index (χ4n) is 3.91. The van der Waals surface area contributed by atoms with E-state index in [0.717, 1.165) is 16.3 Å². The van der Waals surface area contributed by atoms with Crippen molar-refractivity contribution >= 4 is 17.7 Å². The van der Waals surface area contributed by atoms with E-state index in [1.165, 1.54) is 11.8 Å². The predicted molar refractivity (Wildman–Crippen MR) is 96.1 cm³/mol. The fourth-order valence-corrected chi connectivity index (χ4v) is 4.45. The highest BCUT2D eigenvalue weighted by Gasteiger charge is 2.52. The lowest BCUT2D eigenvalue weighted by atomic mass is 9.74. The molecule has 0 radical (unpaired) electrons. The molecule has 1 saturated heterocycles. The van der Waals surface area contributed by atoms with Gasteiger partial charge in [-0.25, -0.2) is 4.98 Å². The molecule has 0 bridgehead atoms. The van der Waals surface area contributed by atoms with E-state index in [1.54, 1.807) is 12.3 Å². The van der Waals surface area contributed by atoms with Crippen LogP contribution in [-0.2, 0) is 0 Å². The molecule has 1 fully saturated rings. The SMILES string of the molecule is CSc1ncccc1C(=O)N1C[C@@H]2c3ccccc3OC[C@]2(CO)C1. The molecule has 2 aliphatic rings. The first kappa shape index (κ1) is 16.4. The van der Waals surface area contributed by atoms with Crippen LogP contribution in [-0.4, -0.2) is 53.5 Å². The maximum atomic E-state index is 13.1. The second kappa shape index (κ2) is 6.35. The summed E-state index contributed by atoms with van der Waals surface area (Å²) in [7, 11) is 0. The minimum Gasteiger partial charge on any atom is -0.493 e. The van der Waals surface area contributed by atoms with Crippen molar-refractivity contribution in [2.45, 2.75) is 10.9 Å². The number of hydrogen-bond acceptors (Lipinski definition) is 5. The average molecular weight is 356 g/mol. The van der Waals surface area contributed by atoms with Crippen LogP contribution >= 0.6 is 11.8 Å². The molecule has 3 heterocycles. The van der Waals surface area contributed by atoms with Crippen LogP contribution in [0.3, 0.4) is 0 Å². The van der Waals surface area contributed by atoms with Crippen LogP contribution in [0.25, 0.3) is 0 Å². The number of amides is 1. The first-order valence-electron chi connectivity index (χ1n) is 8.29. The Balaban J connectivity index is 1.68. The van der Waals surface area contributed by atoms with E-state index >= 15 is 0 Å². The van der Waals surface area contributed by atoms with Gasteiger partial charge in [-0.3, -0.25) is 4.79 Å². The number of hydrogen-bond donors (Lipinski definition) is 1. The number of para-hydroxylation sites is 1. The molecular weight excluding hydrogens is 336 g/mol. The largest absolute Gasteiger partial charge is 0.493 e. The van der Waals surface area contributed by atoms with Crippen LogP contribution in [0, 0.1) is 5.41 Å². The Morgan fingerprint density at radius 1 is 1.40 bits per heavy atom. The summed E-state index contributed by atoms with van der Waals surface area (Å²) in [6.07, 6.45) is 3.62. The van der Waals surface area contributed by atoms with Gasteiger partial charge >= 0.3 is 0 Å². The zero-order valence-corrected chi connectivity index (χ0v) is 14.8. The van der Waals surface area contributed by atoms with Gasteiger partial charge in [0.2, 0.25) is 0 Å². The third-order valence-corrected chi connectivity index (χ3v) is 5.97. The Bertz CT molecular complexity index is 813. The standard InChI is InChI=1S/C19H20N2O3S/c1-25-17-14(6-4-8-20-17)18(23)21-9-15-13-5-2-3-7-16(13)24-12-19(15,10-21)11-22/h2-8,15,22H,9-12H2,1H3/t15-,19-/m1/s1. The van der Waals surface area contributed by atoms with Crippen molar-refractivity contribution in [2.75, 3.05) is 32.6 Å². The summed E-state index contributed by atoms with van der Waals surface area (Å²) in [6, 6.07) is 11.5. The number of pyridine rings is 1. The number of likely N-dealkylation sites (tertiary alicyclic amines) is 1. The fraction of sp³-hybridized carbons (Fsp3) is 0.368. The van der Waals surface area contributed by atoms with Gasteiger partial charge in [-0.2, -0.15) is 0 Å². The molecular formula is C19H20N2O3S. The van der Waals surface area contributed by atoms with E-state index in [-0.39, 0.29) is 18.4 Å². The van der Waals surface area contributed by atoms with E-state index in [2.05, 4.69) is 4.98 Å². The van der Waals surface area contributed by atoms with Gasteiger partial charge in [0.05, 0.1) is 24.2 Å². The van der Waals surface area contributed by atoms with E-state index in [1.807, 2.05) is 41.5 Å². The number of aromatic nitrogens is 1. The van der Waals surface area contributed by atoms with Gasteiger partial charge < -0.3 is 14.7 Å². The molecule has 0 aliphatic carbocycles. The maximum absolute atomic E-state index is 13.1. The van der Waals surface area contributed by atoms with Crippen molar-refractivity contribution in [1.82, 2.24) is 9.88 Å². The Morgan fingerprint density at radius 3 is 3.04 bits per heavy atom. The molecule has 25 heavy (non-hydrogen) atoms. The molecule has 2 aromatic rings. The topological polar surface area (TPSA) is 62.7 Å². The molecule has 130 valence electrons. The molecule has 6 heteroatoms. The van der Waals surface area contributed by atoms with Crippen LogP contribution in [0.2, 0.25) is 0 Å². The highest BCUT2D eigenvalue weighted by atomic mass is 32.2. The monoisotopic (exact) mass is 356 g/mol. The lowest BCUT2D eigenvalue weighted by Crippen LogP contribution is -2.42. The molecule has 1 aromatic heterocycles. The number of aliphatic hydroxyl groups excluding tert-OH is 1. The van der Waals surface area contributed by atoms with Gasteiger partial charge in [-0.1, -0.05) is 18.2 Å². The molecule has 1 N–H and O–H groups in total. The maximum Gasteiger partial charge on any atom is 0.256 e. The number of nitrogens with zero attached hydrogens (tertiary/aromatic N) is 2. The van der Waals surface area contributed by atoms with Crippen LogP contribution in [0.1, 0.15) is 21.8 Å². The number of carbonyl (C=O) groups is 1. The quantitative estimate of drug-likeness (QED) is 0.856. The van der Waals surface area contributed by atoms with Crippen molar-refractivity contribution in [3.05, 3.63) is 53.7 Å². The number of fused-ring (bicyclic) bond motifs is 3. The Hall–Kier alpha value is -2.05. The van der Waals surface area contributed by atoms with Crippen LogP contribution < -0.4 is 4.74 Å². The third kappa shape index (κ3) is 2.60. The van der Waals surface area contributed by atoms with Gasteiger partial charge in [0.1, 0.15) is 10.8 Å². The lowest BCUT2D eigenvalue weighted by Gasteiger charge is -2.37. The number of aliphatic hydroxyl groups is 1. The number of thioether (sulfide) groups is 1. The second-order valence-corrected chi connectivity index (χ2v) is 7.44. The highest BCUT2D eigenvalue weighted by molar-refractivity contribution is 7.98.